The lowest BCUT2D eigenvalue weighted by Gasteiger charge is -2.25. The Balaban J connectivity index is 1.69. The van der Waals surface area contributed by atoms with Gasteiger partial charge in [-0.05, 0) is 42.3 Å². The van der Waals surface area contributed by atoms with Crippen LogP contribution in [-0.4, -0.2) is 27.1 Å². The Hall–Kier alpha value is -3.57. The lowest BCUT2D eigenvalue weighted by atomic mass is 10.0. The molecular formula is C22H20FN5O2. The first-order chi connectivity index (χ1) is 14.5. The van der Waals surface area contributed by atoms with Gasteiger partial charge in [-0.3, -0.25) is 9.78 Å². The van der Waals surface area contributed by atoms with Crippen molar-refractivity contribution in [2.24, 2.45) is 0 Å². The summed E-state index contributed by atoms with van der Waals surface area (Å²) < 4.78 is 20.2. The van der Waals surface area contributed by atoms with Gasteiger partial charge in [0.1, 0.15) is 11.9 Å². The molecule has 0 spiro atoms. The summed E-state index contributed by atoms with van der Waals surface area (Å²) >= 11 is 0. The number of nitrogen functional groups attached to an aromatic ring is 1. The molecule has 2 aromatic heterocycles. The van der Waals surface area contributed by atoms with Gasteiger partial charge >= 0.3 is 0 Å². The number of hydrogen-bond donors (Lipinski definition) is 1. The Kier molecular flexibility index (Phi) is 5.29. The van der Waals surface area contributed by atoms with Crippen molar-refractivity contribution in [1.29, 1.82) is 5.26 Å². The summed E-state index contributed by atoms with van der Waals surface area (Å²) in [7, 11) is 0. The number of aromatic nitrogens is 2. The number of benzene rings is 1. The number of anilines is 1. The molecule has 1 unspecified atom stereocenters. The van der Waals surface area contributed by atoms with E-state index in [1.807, 2.05) is 6.07 Å². The second kappa shape index (κ2) is 8.05. The molecule has 1 atom stereocenters. The summed E-state index contributed by atoms with van der Waals surface area (Å²) in [5.74, 6) is -0.0145. The maximum absolute atomic E-state index is 14.7. The zero-order valence-electron chi connectivity index (χ0n) is 16.4. The minimum absolute atomic E-state index is 0.00120. The fraction of sp³-hybridized carbons (Fsp3) is 0.273. The van der Waals surface area contributed by atoms with Crippen LogP contribution in [-0.2, 0) is 24.5 Å². The lowest BCUT2D eigenvalue weighted by molar-refractivity contribution is 0.0415. The quantitative estimate of drug-likeness (QED) is 0.652. The number of carbonyl (C=O) groups excluding carboxylic acids is 1. The number of halogens is 1. The fourth-order valence-corrected chi connectivity index (χ4v) is 3.55. The minimum atomic E-state index is -1.47. The van der Waals surface area contributed by atoms with Crippen molar-refractivity contribution in [3.8, 4) is 6.07 Å². The molecule has 2 N–H and O–H groups in total. The molecule has 0 radical (unpaired) electrons. The standard InChI is InChI=1S/C22H20FN5O2/c1-2-20(23)28(10-15-5-3-13(8-24)9-26-15)22(29)14-4-6-19-16(7-14)17-11-30-12-18(17)21(25)27-19/h3-7,9,20H,2,10-12H2,1H3,(H2,25,27). The van der Waals surface area contributed by atoms with E-state index >= 15 is 0 Å². The van der Waals surface area contributed by atoms with Crippen LogP contribution in [0.25, 0.3) is 10.9 Å². The summed E-state index contributed by atoms with van der Waals surface area (Å²) in [4.78, 5) is 22.9. The Morgan fingerprint density at radius 3 is 2.83 bits per heavy atom. The molecule has 1 aliphatic heterocycles. The number of nitrogens with two attached hydrogens (primary N) is 1. The van der Waals surface area contributed by atoms with Gasteiger partial charge in [0.15, 0.2) is 6.30 Å². The maximum Gasteiger partial charge on any atom is 0.256 e. The highest BCUT2D eigenvalue weighted by atomic mass is 19.1. The molecule has 1 aliphatic rings. The Morgan fingerprint density at radius 2 is 2.13 bits per heavy atom. The van der Waals surface area contributed by atoms with E-state index in [-0.39, 0.29) is 13.0 Å². The van der Waals surface area contributed by atoms with Gasteiger partial charge in [-0.1, -0.05) is 6.92 Å². The average molecular weight is 405 g/mol. The van der Waals surface area contributed by atoms with E-state index in [1.165, 1.54) is 6.20 Å². The molecule has 152 valence electrons. The number of amides is 1. The fourth-order valence-electron chi connectivity index (χ4n) is 3.55. The number of nitrogens with zero attached hydrogens (tertiary/aromatic N) is 4. The first kappa shape index (κ1) is 19.7. The number of alkyl halides is 1. The number of nitriles is 1. The SMILES string of the molecule is CCC(F)N(Cc1ccc(C#N)cn1)C(=O)c1ccc2nc(N)c3c(c2c1)COC3. The van der Waals surface area contributed by atoms with Crippen molar-refractivity contribution >= 4 is 22.6 Å². The van der Waals surface area contributed by atoms with Gasteiger partial charge in [0.05, 0.1) is 36.5 Å². The molecular weight excluding hydrogens is 385 g/mol. The summed E-state index contributed by atoms with van der Waals surface area (Å²) in [6, 6.07) is 10.3. The minimum Gasteiger partial charge on any atom is -0.383 e. The van der Waals surface area contributed by atoms with Gasteiger partial charge in [-0.2, -0.15) is 5.26 Å². The van der Waals surface area contributed by atoms with Gasteiger partial charge in [-0.25, -0.2) is 9.37 Å². The molecule has 7 nitrogen and oxygen atoms in total. The summed E-state index contributed by atoms with van der Waals surface area (Å²) in [5.41, 5.74) is 9.69. The Morgan fingerprint density at radius 1 is 1.33 bits per heavy atom. The number of carbonyl (C=O) groups is 1. The molecule has 0 saturated heterocycles. The zero-order valence-corrected chi connectivity index (χ0v) is 16.4. The van der Waals surface area contributed by atoms with Crippen molar-refractivity contribution in [2.45, 2.75) is 39.4 Å². The lowest BCUT2D eigenvalue weighted by Crippen LogP contribution is -2.37. The molecule has 0 bridgehead atoms. The van der Waals surface area contributed by atoms with E-state index in [2.05, 4.69) is 9.97 Å². The van der Waals surface area contributed by atoms with Crippen LogP contribution in [0, 0.1) is 11.3 Å². The highest BCUT2D eigenvalue weighted by Crippen LogP contribution is 2.32. The first-order valence-electron chi connectivity index (χ1n) is 9.60. The molecule has 3 aromatic rings. The monoisotopic (exact) mass is 405 g/mol. The van der Waals surface area contributed by atoms with Gasteiger partial charge in [0, 0.05) is 22.7 Å². The second-order valence-electron chi connectivity index (χ2n) is 7.10. The van der Waals surface area contributed by atoms with Crippen LogP contribution in [0.5, 0.6) is 0 Å². The van der Waals surface area contributed by atoms with Crippen LogP contribution in [0.1, 0.15) is 46.1 Å². The van der Waals surface area contributed by atoms with Crippen molar-refractivity contribution in [3.05, 3.63) is 64.5 Å². The molecule has 4 rings (SSSR count). The third kappa shape index (κ3) is 3.55. The van der Waals surface area contributed by atoms with Gasteiger partial charge in [0.2, 0.25) is 0 Å². The van der Waals surface area contributed by atoms with Gasteiger partial charge < -0.3 is 15.4 Å². The third-order valence-corrected chi connectivity index (χ3v) is 5.20. The van der Waals surface area contributed by atoms with Crippen LogP contribution < -0.4 is 5.73 Å². The smallest absolute Gasteiger partial charge is 0.256 e. The Bertz CT molecular complexity index is 1160. The Labute approximate surface area is 172 Å². The van der Waals surface area contributed by atoms with Crippen molar-refractivity contribution in [3.63, 3.8) is 0 Å². The molecule has 0 fully saturated rings. The van der Waals surface area contributed by atoms with E-state index in [0.29, 0.717) is 41.4 Å². The number of fused-ring (bicyclic) bond motifs is 3. The van der Waals surface area contributed by atoms with E-state index < -0.39 is 12.2 Å². The van der Waals surface area contributed by atoms with Crippen molar-refractivity contribution in [2.75, 3.05) is 5.73 Å². The van der Waals surface area contributed by atoms with Gasteiger partial charge in [-0.15, -0.1) is 0 Å². The van der Waals surface area contributed by atoms with Crippen molar-refractivity contribution < 1.29 is 13.9 Å². The maximum atomic E-state index is 14.7. The first-order valence-corrected chi connectivity index (χ1v) is 9.60. The van der Waals surface area contributed by atoms with Gasteiger partial charge in [0.25, 0.3) is 5.91 Å². The predicted molar refractivity (Wildman–Crippen MR) is 109 cm³/mol. The van der Waals surface area contributed by atoms with Crippen LogP contribution in [0.4, 0.5) is 10.2 Å². The van der Waals surface area contributed by atoms with Crippen LogP contribution in [0.3, 0.4) is 0 Å². The molecule has 1 amide bonds. The van der Waals surface area contributed by atoms with Crippen LogP contribution >= 0.6 is 0 Å². The number of ether oxygens (including phenoxy) is 1. The normalized spacial score (nSPS) is 13.6. The largest absolute Gasteiger partial charge is 0.383 e. The molecule has 3 heterocycles. The number of rotatable bonds is 5. The summed E-state index contributed by atoms with van der Waals surface area (Å²) in [6.07, 6.45) is 0.0907. The molecule has 0 aliphatic carbocycles. The predicted octanol–water partition coefficient (Wildman–Crippen LogP) is 3.46. The van der Waals surface area contributed by atoms with E-state index in [1.54, 1.807) is 37.3 Å². The highest BCUT2D eigenvalue weighted by molar-refractivity contribution is 5.99. The third-order valence-electron chi connectivity index (χ3n) is 5.20. The topological polar surface area (TPSA) is 105 Å². The zero-order chi connectivity index (χ0) is 21.3. The number of hydrogen-bond acceptors (Lipinski definition) is 6. The number of pyridine rings is 2. The summed E-state index contributed by atoms with van der Waals surface area (Å²) in [5, 5.41) is 9.69. The van der Waals surface area contributed by atoms with Crippen LogP contribution in [0.2, 0.25) is 0 Å². The summed E-state index contributed by atoms with van der Waals surface area (Å²) in [6.45, 7) is 2.46. The van der Waals surface area contributed by atoms with Crippen molar-refractivity contribution in [1.82, 2.24) is 14.9 Å². The average Bonchev–Trinajstić information content (AvgIpc) is 3.28. The van der Waals surface area contributed by atoms with Crippen LogP contribution in [0.15, 0.2) is 36.5 Å². The van der Waals surface area contributed by atoms with E-state index in [0.717, 1.165) is 21.4 Å². The molecule has 30 heavy (non-hydrogen) atoms. The van der Waals surface area contributed by atoms with E-state index in [9.17, 15) is 9.18 Å². The highest BCUT2D eigenvalue weighted by Gasteiger charge is 2.26. The molecule has 8 heteroatoms. The molecule has 0 saturated carbocycles. The second-order valence-corrected chi connectivity index (χ2v) is 7.10. The molecule has 1 aromatic carbocycles. The van der Waals surface area contributed by atoms with E-state index in [4.69, 9.17) is 15.7 Å².